The molecule has 2 aliphatic rings. The van der Waals surface area contributed by atoms with Gasteiger partial charge in [-0.15, -0.1) is 10.2 Å². The Morgan fingerprint density at radius 3 is 2.88 bits per heavy atom. The van der Waals surface area contributed by atoms with Crippen LogP contribution in [0.5, 0.6) is 0 Å². The lowest BCUT2D eigenvalue weighted by Gasteiger charge is -2.23. The van der Waals surface area contributed by atoms with Crippen molar-refractivity contribution in [3.63, 3.8) is 0 Å². The second-order valence-corrected chi connectivity index (χ2v) is 7.08. The molecule has 132 valence electrons. The van der Waals surface area contributed by atoms with E-state index in [1.54, 1.807) is 0 Å². The number of carbonyl (C=O) groups is 1. The number of nitrogens with one attached hydrogen (secondary N) is 2. The van der Waals surface area contributed by atoms with Crippen molar-refractivity contribution in [3.8, 4) is 0 Å². The number of H-pyrrole nitrogens is 1. The molecule has 4 rings (SSSR count). The van der Waals surface area contributed by atoms with Crippen LogP contribution in [0.15, 0.2) is 18.2 Å². The fourth-order valence-corrected chi connectivity index (χ4v) is 4.39. The van der Waals surface area contributed by atoms with E-state index in [2.05, 4.69) is 25.9 Å². The summed E-state index contributed by atoms with van der Waals surface area (Å²) in [6.07, 6.45) is 5.15. The molecule has 8 heteroatoms. The third-order valence-corrected chi connectivity index (χ3v) is 5.53. The Morgan fingerprint density at radius 2 is 2.20 bits per heavy atom. The molecular weight excluding hydrogens is 328 g/mol. The Kier molecular flexibility index (Phi) is 4.19. The number of amides is 1. The minimum absolute atomic E-state index is 0.0114. The van der Waals surface area contributed by atoms with E-state index < -0.39 is 17.7 Å². The van der Waals surface area contributed by atoms with Crippen molar-refractivity contribution >= 4 is 5.91 Å². The van der Waals surface area contributed by atoms with Crippen LogP contribution in [-0.4, -0.2) is 26.5 Å². The molecule has 2 fully saturated rings. The van der Waals surface area contributed by atoms with Crippen molar-refractivity contribution in [2.75, 3.05) is 0 Å². The number of fused-ring (bicyclic) bond motifs is 2. The van der Waals surface area contributed by atoms with Gasteiger partial charge in [0.2, 0.25) is 11.7 Å². The Morgan fingerprint density at radius 1 is 1.32 bits per heavy atom. The molecule has 1 aromatic carbocycles. The highest BCUT2D eigenvalue weighted by atomic mass is 19.1. The summed E-state index contributed by atoms with van der Waals surface area (Å²) in [7, 11) is 0. The van der Waals surface area contributed by atoms with E-state index in [4.69, 9.17) is 0 Å². The average molecular weight is 347 g/mol. The summed E-state index contributed by atoms with van der Waals surface area (Å²) in [4.78, 5) is 12.5. The molecule has 2 saturated carbocycles. The van der Waals surface area contributed by atoms with E-state index in [1.165, 1.54) is 19.3 Å². The minimum Gasteiger partial charge on any atom is -0.342 e. The smallest absolute Gasteiger partial charge is 0.221 e. The molecule has 4 atom stereocenters. The van der Waals surface area contributed by atoms with Gasteiger partial charge < -0.3 is 5.32 Å². The number of nitrogens with zero attached hydrogens (tertiary/aromatic N) is 3. The summed E-state index contributed by atoms with van der Waals surface area (Å²) < 4.78 is 27.8. The molecule has 1 aromatic heterocycles. The molecule has 1 heterocycles. The van der Waals surface area contributed by atoms with Crippen LogP contribution in [0.1, 0.15) is 49.5 Å². The van der Waals surface area contributed by atoms with E-state index in [0.717, 1.165) is 30.5 Å². The van der Waals surface area contributed by atoms with Gasteiger partial charge in [-0.2, -0.15) is 5.21 Å². The number of rotatable bonds is 5. The number of aromatic nitrogens is 4. The van der Waals surface area contributed by atoms with Gasteiger partial charge in [-0.25, -0.2) is 8.78 Å². The third-order valence-electron chi connectivity index (χ3n) is 5.53. The first-order valence-corrected chi connectivity index (χ1v) is 8.58. The topological polar surface area (TPSA) is 83.6 Å². The van der Waals surface area contributed by atoms with Gasteiger partial charge in [0.05, 0.1) is 0 Å². The van der Waals surface area contributed by atoms with Crippen LogP contribution in [0.25, 0.3) is 0 Å². The minimum atomic E-state index is -0.972. The zero-order valence-corrected chi connectivity index (χ0v) is 13.6. The maximum absolute atomic E-state index is 14.2. The lowest BCUT2D eigenvalue weighted by Crippen LogP contribution is -2.33. The summed E-state index contributed by atoms with van der Waals surface area (Å²) >= 11 is 0. The second kappa shape index (κ2) is 6.50. The molecule has 0 radical (unpaired) electrons. The SMILES string of the molecule is O=C(CC1CC2CCC1C2)NC(c1nn[nH]n1)c1cc(F)ccc1F. The van der Waals surface area contributed by atoms with Crippen LogP contribution in [0.3, 0.4) is 0 Å². The van der Waals surface area contributed by atoms with Crippen LogP contribution in [0.4, 0.5) is 8.78 Å². The highest BCUT2D eigenvalue weighted by Gasteiger charge is 2.40. The predicted octanol–water partition coefficient (Wildman–Crippen LogP) is 2.51. The molecule has 6 nitrogen and oxygen atoms in total. The first-order chi connectivity index (χ1) is 12.1. The monoisotopic (exact) mass is 347 g/mol. The molecule has 25 heavy (non-hydrogen) atoms. The predicted molar refractivity (Wildman–Crippen MR) is 84.1 cm³/mol. The Bertz CT molecular complexity index is 766. The quantitative estimate of drug-likeness (QED) is 0.870. The van der Waals surface area contributed by atoms with Gasteiger partial charge in [-0.1, -0.05) is 11.6 Å². The first-order valence-electron chi connectivity index (χ1n) is 8.58. The molecule has 2 aromatic rings. The zero-order chi connectivity index (χ0) is 17.4. The summed E-state index contributed by atoms with van der Waals surface area (Å²) in [6.45, 7) is 0. The number of tetrazole rings is 1. The van der Waals surface area contributed by atoms with E-state index in [-0.39, 0.29) is 17.3 Å². The standard InChI is InChI=1S/C17H19F2N5O/c18-12-3-4-14(19)13(8-12)16(17-21-23-24-22-17)20-15(25)7-11-6-9-1-2-10(11)5-9/h3-4,8-11,16H,1-2,5-7H2,(H,20,25)(H,21,22,23,24). The highest BCUT2D eigenvalue weighted by Crippen LogP contribution is 2.49. The largest absolute Gasteiger partial charge is 0.342 e. The number of hydrogen-bond donors (Lipinski definition) is 2. The van der Waals surface area contributed by atoms with E-state index in [1.807, 2.05) is 0 Å². The maximum Gasteiger partial charge on any atom is 0.221 e. The normalized spacial score (nSPS) is 25.9. The van der Waals surface area contributed by atoms with Crippen LogP contribution < -0.4 is 5.32 Å². The summed E-state index contributed by atoms with van der Waals surface area (Å²) in [5.74, 6) is 0.425. The van der Waals surface area contributed by atoms with Crippen molar-refractivity contribution < 1.29 is 13.6 Å². The number of aromatic amines is 1. The third kappa shape index (κ3) is 3.25. The molecule has 4 unspecified atom stereocenters. The molecule has 0 saturated heterocycles. The van der Waals surface area contributed by atoms with Crippen LogP contribution in [-0.2, 0) is 4.79 Å². The average Bonchev–Trinajstić information content (AvgIpc) is 3.32. The fraction of sp³-hybridized carbons (Fsp3) is 0.529. The molecular formula is C17H19F2N5O. The molecule has 0 spiro atoms. The Hall–Kier alpha value is -2.38. The van der Waals surface area contributed by atoms with E-state index in [9.17, 15) is 13.6 Å². The van der Waals surface area contributed by atoms with Crippen molar-refractivity contribution in [2.45, 2.75) is 38.1 Å². The van der Waals surface area contributed by atoms with Crippen molar-refractivity contribution in [3.05, 3.63) is 41.2 Å². The van der Waals surface area contributed by atoms with Crippen LogP contribution in [0.2, 0.25) is 0 Å². The molecule has 2 N–H and O–H groups in total. The van der Waals surface area contributed by atoms with Crippen molar-refractivity contribution in [2.24, 2.45) is 17.8 Å². The van der Waals surface area contributed by atoms with Gasteiger partial charge >= 0.3 is 0 Å². The van der Waals surface area contributed by atoms with Crippen LogP contribution >= 0.6 is 0 Å². The Labute approximate surface area is 143 Å². The number of carbonyl (C=O) groups excluding carboxylic acids is 1. The van der Waals surface area contributed by atoms with Gasteiger partial charge in [0.25, 0.3) is 0 Å². The van der Waals surface area contributed by atoms with Gasteiger partial charge in [0, 0.05) is 12.0 Å². The molecule has 1 amide bonds. The summed E-state index contributed by atoms with van der Waals surface area (Å²) in [5.41, 5.74) is -0.0114. The van der Waals surface area contributed by atoms with E-state index in [0.29, 0.717) is 18.3 Å². The van der Waals surface area contributed by atoms with Crippen molar-refractivity contribution in [1.29, 1.82) is 0 Å². The van der Waals surface area contributed by atoms with Crippen molar-refractivity contribution in [1.82, 2.24) is 25.9 Å². The number of benzene rings is 1. The molecule has 2 aliphatic carbocycles. The van der Waals surface area contributed by atoms with Gasteiger partial charge in [-0.3, -0.25) is 4.79 Å². The summed E-state index contributed by atoms with van der Waals surface area (Å²) in [5, 5.41) is 16.2. The number of halogens is 2. The van der Waals surface area contributed by atoms with Gasteiger partial charge in [0.15, 0.2) is 0 Å². The van der Waals surface area contributed by atoms with Gasteiger partial charge in [0.1, 0.15) is 17.7 Å². The number of hydrogen-bond acceptors (Lipinski definition) is 4. The zero-order valence-electron chi connectivity index (χ0n) is 13.6. The maximum atomic E-state index is 14.2. The fourth-order valence-electron chi connectivity index (χ4n) is 4.39. The summed E-state index contributed by atoms with van der Waals surface area (Å²) in [6, 6.07) is 2.14. The lowest BCUT2D eigenvalue weighted by atomic mass is 9.86. The van der Waals surface area contributed by atoms with Gasteiger partial charge in [-0.05, 0) is 55.2 Å². The second-order valence-electron chi connectivity index (χ2n) is 7.08. The lowest BCUT2D eigenvalue weighted by molar-refractivity contribution is -0.123. The van der Waals surface area contributed by atoms with E-state index >= 15 is 0 Å². The molecule has 2 bridgehead atoms. The van der Waals surface area contributed by atoms with Crippen LogP contribution in [0, 0.1) is 29.4 Å². The highest BCUT2D eigenvalue weighted by molar-refractivity contribution is 5.77. The molecule has 0 aliphatic heterocycles. The Balaban J connectivity index is 1.52. The first kappa shape index (κ1) is 16.1.